The van der Waals surface area contributed by atoms with E-state index < -0.39 is 10.0 Å². The minimum Gasteiger partial charge on any atom is -0.372 e. The molecule has 0 aromatic heterocycles. The molecule has 0 spiro atoms. The van der Waals surface area contributed by atoms with E-state index in [0.717, 1.165) is 23.1 Å². The molecule has 7 heteroatoms. The Bertz CT molecular complexity index is 903. The molecule has 0 unspecified atom stereocenters. The summed E-state index contributed by atoms with van der Waals surface area (Å²) in [5, 5.41) is 2.84. The van der Waals surface area contributed by atoms with Crippen molar-refractivity contribution in [3.63, 3.8) is 0 Å². The number of carbonyl (C=O) groups excluding carboxylic acids is 1. The summed E-state index contributed by atoms with van der Waals surface area (Å²) in [4.78, 5) is 15.0. The minimum absolute atomic E-state index is 0.0973. The van der Waals surface area contributed by atoms with Gasteiger partial charge in [0.1, 0.15) is 0 Å². The second-order valence-electron chi connectivity index (χ2n) is 6.44. The summed E-state index contributed by atoms with van der Waals surface area (Å²) in [6.45, 7) is 7.79. The summed E-state index contributed by atoms with van der Waals surface area (Å²) in [7, 11) is -0.666. The van der Waals surface area contributed by atoms with Crippen molar-refractivity contribution in [2.45, 2.75) is 25.7 Å². The lowest BCUT2D eigenvalue weighted by molar-refractivity contribution is 0.102. The first-order valence-corrected chi connectivity index (χ1v) is 10.3. The molecule has 2 aromatic rings. The van der Waals surface area contributed by atoms with Crippen molar-refractivity contribution in [1.29, 1.82) is 0 Å². The van der Waals surface area contributed by atoms with Gasteiger partial charge in [-0.05, 0) is 62.7 Å². The Morgan fingerprint density at radius 3 is 2.11 bits per heavy atom. The van der Waals surface area contributed by atoms with Gasteiger partial charge >= 0.3 is 0 Å². The summed E-state index contributed by atoms with van der Waals surface area (Å²) in [5.74, 6) is -0.334. The molecule has 146 valence electrons. The van der Waals surface area contributed by atoms with Gasteiger partial charge in [-0.1, -0.05) is 6.07 Å². The van der Waals surface area contributed by atoms with Crippen molar-refractivity contribution in [1.82, 2.24) is 4.31 Å². The van der Waals surface area contributed by atoms with Crippen LogP contribution in [0, 0.1) is 6.92 Å². The number of benzene rings is 2. The molecule has 2 aromatic carbocycles. The highest BCUT2D eigenvalue weighted by atomic mass is 32.2. The van der Waals surface area contributed by atoms with Crippen LogP contribution in [0.15, 0.2) is 47.4 Å². The summed E-state index contributed by atoms with van der Waals surface area (Å²) >= 11 is 0. The van der Waals surface area contributed by atoms with E-state index in [4.69, 9.17) is 0 Å². The molecular formula is C20H27N3O3S. The van der Waals surface area contributed by atoms with Crippen molar-refractivity contribution in [2.75, 3.05) is 37.4 Å². The largest absolute Gasteiger partial charge is 0.372 e. The van der Waals surface area contributed by atoms with Crippen molar-refractivity contribution in [3.05, 3.63) is 53.6 Å². The lowest BCUT2D eigenvalue weighted by atomic mass is 10.1. The van der Waals surface area contributed by atoms with Gasteiger partial charge in [0.2, 0.25) is 10.0 Å². The number of anilines is 2. The van der Waals surface area contributed by atoms with Gasteiger partial charge in [-0.15, -0.1) is 0 Å². The van der Waals surface area contributed by atoms with Crippen LogP contribution in [0.25, 0.3) is 0 Å². The molecule has 0 atom stereocenters. The van der Waals surface area contributed by atoms with E-state index in [9.17, 15) is 13.2 Å². The fraction of sp³-hybridized carbons (Fsp3) is 0.350. The zero-order valence-electron chi connectivity index (χ0n) is 16.5. The first-order valence-electron chi connectivity index (χ1n) is 8.90. The molecule has 0 aliphatic heterocycles. The fourth-order valence-corrected chi connectivity index (χ4v) is 3.69. The van der Waals surface area contributed by atoms with E-state index in [1.807, 2.05) is 24.3 Å². The summed E-state index contributed by atoms with van der Waals surface area (Å²) in [6.07, 6.45) is 0. The van der Waals surface area contributed by atoms with Crippen molar-refractivity contribution >= 4 is 27.3 Å². The second kappa shape index (κ2) is 8.54. The van der Waals surface area contributed by atoms with E-state index >= 15 is 0 Å². The number of carbonyl (C=O) groups is 1. The van der Waals surface area contributed by atoms with Crippen LogP contribution < -0.4 is 10.2 Å². The topological polar surface area (TPSA) is 69.7 Å². The predicted molar refractivity (Wildman–Crippen MR) is 110 cm³/mol. The molecule has 1 amide bonds. The molecular weight excluding hydrogens is 362 g/mol. The maximum Gasteiger partial charge on any atom is 0.255 e. The zero-order valence-corrected chi connectivity index (χ0v) is 17.3. The zero-order chi connectivity index (χ0) is 20.2. The van der Waals surface area contributed by atoms with E-state index in [2.05, 4.69) is 24.1 Å². The van der Waals surface area contributed by atoms with Crippen LogP contribution in [-0.4, -0.2) is 45.8 Å². The Balaban J connectivity index is 2.26. The van der Waals surface area contributed by atoms with E-state index in [-0.39, 0.29) is 10.8 Å². The standard InChI is InChI=1S/C20H27N3O3S/c1-6-23(7-2)17-11-9-16(10-12-17)21-20(24)19-14-18(13-8-15(19)3)27(25,26)22(4)5/h8-14H,6-7H2,1-5H3,(H,21,24). The number of rotatable bonds is 7. The van der Waals surface area contributed by atoms with Crippen LogP contribution in [0.3, 0.4) is 0 Å². The third kappa shape index (κ3) is 4.67. The Hall–Kier alpha value is -2.38. The van der Waals surface area contributed by atoms with Crippen molar-refractivity contribution in [3.8, 4) is 0 Å². The number of amides is 1. The van der Waals surface area contributed by atoms with Crippen LogP contribution in [0.5, 0.6) is 0 Å². The molecule has 0 fully saturated rings. The molecule has 0 saturated carbocycles. The van der Waals surface area contributed by atoms with Gasteiger partial charge in [0, 0.05) is 44.1 Å². The first kappa shape index (κ1) is 20.9. The molecule has 1 N–H and O–H groups in total. The summed E-state index contributed by atoms with van der Waals surface area (Å²) < 4.78 is 25.8. The average molecular weight is 390 g/mol. The average Bonchev–Trinajstić information content (AvgIpc) is 2.64. The van der Waals surface area contributed by atoms with E-state index in [1.54, 1.807) is 13.0 Å². The molecule has 0 radical (unpaired) electrons. The monoisotopic (exact) mass is 389 g/mol. The maximum atomic E-state index is 12.7. The Morgan fingerprint density at radius 1 is 1.00 bits per heavy atom. The number of nitrogens with zero attached hydrogens (tertiary/aromatic N) is 2. The predicted octanol–water partition coefficient (Wildman–Crippen LogP) is 3.34. The SMILES string of the molecule is CCN(CC)c1ccc(NC(=O)c2cc(S(=O)(=O)N(C)C)ccc2C)cc1. The van der Waals surface area contributed by atoms with Crippen LogP contribution in [0.1, 0.15) is 29.8 Å². The molecule has 0 aliphatic rings. The first-order chi connectivity index (χ1) is 12.7. The lowest BCUT2D eigenvalue weighted by Crippen LogP contribution is -2.23. The Morgan fingerprint density at radius 2 is 1.59 bits per heavy atom. The summed E-state index contributed by atoms with van der Waals surface area (Å²) in [6, 6.07) is 12.2. The number of aryl methyl sites for hydroxylation is 1. The maximum absolute atomic E-state index is 12.7. The molecule has 0 heterocycles. The summed E-state index contributed by atoms with van der Waals surface area (Å²) in [5.41, 5.74) is 2.81. The molecule has 6 nitrogen and oxygen atoms in total. The van der Waals surface area contributed by atoms with Crippen LogP contribution in [0.4, 0.5) is 11.4 Å². The minimum atomic E-state index is -3.60. The van der Waals surface area contributed by atoms with Gasteiger partial charge in [0.25, 0.3) is 5.91 Å². The molecule has 2 rings (SSSR count). The molecule has 27 heavy (non-hydrogen) atoms. The van der Waals surface area contributed by atoms with Crippen LogP contribution in [-0.2, 0) is 10.0 Å². The fourth-order valence-electron chi connectivity index (χ4n) is 2.76. The number of hydrogen-bond acceptors (Lipinski definition) is 4. The number of nitrogens with one attached hydrogen (secondary N) is 1. The van der Waals surface area contributed by atoms with Gasteiger partial charge < -0.3 is 10.2 Å². The van der Waals surface area contributed by atoms with E-state index in [0.29, 0.717) is 16.8 Å². The number of sulfonamides is 1. The second-order valence-corrected chi connectivity index (χ2v) is 8.59. The smallest absolute Gasteiger partial charge is 0.255 e. The molecule has 0 bridgehead atoms. The van der Waals surface area contributed by atoms with Gasteiger partial charge in [-0.25, -0.2) is 12.7 Å². The highest BCUT2D eigenvalue weighted by Gasteiger charge is 2.20. The third-order valence-electron chi connectivity index (χ3n) is 4.49. The van der Waals surface area contributed by atoms with Gasteiger partial charge in [-0.2, -0.15) is 0 Å². The highest BCUT2D eigenvalue weighted by Crippen LogP contribution is 2.21. The Kier molecular flexibility index (Phi) is 6.62. The molecule has 0 aliphatic carbocycles. The van der Waals surface area contributed by atoms with Crippen LogP contribution >= 0.6 is 0 Å². The quantitative estimate of drug-likeness (QED) is 0.788. The lowest BCUT2D eigenvalue weighted by Gasteiger charge is -2.21. The Labute approximate surface area is 161 Å². The normalized spacial score (nSPS) is 11.5. The third-order valence-corrected chi connectivity index (χ3v) is 6.30. The van der Waals surface area contributed by atoms with Gasteiger partial charge in [-0.3, -0.25) is 4.79 Å². The van der Waals surface area contributed by atoms with Crippen LogP contribution in [0.2, 0.25) is 0 Å². The van der Waals surface area contributed by atoms with E-state index in [1.165, 1.54) is 26.2 Å². The molecule has 0 saturated heterocycles. The number of hydrogen-bond donors (Lipinski definition) is 1. The highest BCUT2D eigenvalue weighted by molar-refractivity contribution is 7.89. The van der Waals surface area contributed by atoms with Crippen molar-refractivity contribution < 1.29 is 13.2 Å². The van der Waals surface area contributed by atoms with Gasteiger partial charge in [0.15, 0.2) is 0 Å². The van der Waals surface area contributed by atoms with Gasteiger partial charge in [0.05, 0.1) is 4.90 Å². The van der Waals surface area contributed by atoms with Crippen molar-refractivity contribution in [2.24, 2.45) is 0 Å².